The monoisotopic (exact) mass is 510 g/mol. The molecule has 4 heteroatoms. The zero-order valence-corrected chi connectivity index (χ0v) is 21.3. The Morgan fingerprint density at radius 1 is 0.639 bits per heavy atom. The third-order valence-corrected chi connectivity index (χ3v) is 9.97. The molecule has 178 valence electrons. The molecule has 7 rings (SSSR count). The van der Waals surface area contributed by atoms with Gasteiger partial charge in [-0.1, -0.05) is 36.4 Å². The van der Waals surface area contributed by atoms with Crippen LogP contribution in [0.3, 0.4) is 0 Å². The van der Waals surface area contributed by atoms with Gasteiger partial charge in [-0.25, -0.2) is 8.78 Å². The second-order valence-corrected chi connectivity index (χ2v) is 12.2. The van der Waals surface area contributed by atoms with Crippen molar-refractivity contribution in [1.29, 1.82) is 0 Å². The highest BCUT2D eigenvalue weighted by molar-refractivity contribution is 7.19. The topological polar surface area (TPSA) is 0 Å². The lowest BCUT2D eigenvalue weighted by Crippen LogP contribution is -2.25. The Kier molecular flexibility index (Phi) is 5.41. The van der Waals surface area contributed by atoms with Crippen LogP contribution < -0.4 is 0 Å². The number of allylic oxidation sites excluding steroid dienone is 1. The Labute approximate surface area is 217 Å². The van der Waals surface area contributed by atoms with Gasteiger partial charge in [0.05, 0.1) is 0 Å². The molecule has 2 unspecified atom stereocenters. The fourth-order valence-electron chi connectivity index (χ4n) is 5.80. The van der Waals surface area contributed by atoms with Gasteiger partial charge >= 0.3 is 0 Å². The summed E-state index contributed by atoms with van der Waals surface area (Å²) in [6.07, 6.45) is 8.57. The standard InChI is InChI=1S/C32H24F2S2/c33-21-7-1-19(2-8-21)5-11-23-17-27-29(35-23)15-13-25-31(27)26-14-16-30-28(32(25)26)18-24(36-30)12-6-20-3-9-22(34)10-4-20/h1-4,7-10,13-18,25,31H,5-6,11-12H2. The first-order valence-electron chi connectivity index (χ1n) is 12.5. The molecule has 3 aromatic carbocycles. The van der Waals surface area contributed by atoms with Crippen molar-refractivity contribution in [1.82, 2.24) is 0 Å². The molecule has 0 N–H and O–H groups in total. The van der Waals surface area contributed by atoms with Gasteiger partial charge in [-0.05, 0) is 107 Å². The molecule has 0 amide bonds. The molecule has 2 heterocycles. The van der Waals surface area contributed by atoms with Gasteiger partial charge in [0.25, 0.3) is 0 Å². The van der Waals surface area contributed by atoms with E-state index >= 15 is 0 Å². The Bertz CT molecular complexity index is 1600. The van der Waals surface area contributed by atoms with Gasteiger partial charge in [0, 0.05) is 31.2 Å². The summed E-state index contributed by atoms with van der Waals surface area (Å²) in [5.41, 5.74) is 6.81. The van der Waals surface area contributed by atoms with Crippen LogP contribution in [0.2, 0.25) is 0 Å². The first kappa shape index (κ1) is 22.1. The highest BCUT2D eigenvalue weighted by Gasteiger charge is 2.42. The Hall–Kier alpha value is -3.08. The maximum Gasteiger partial charge on any atom is 0.123 e. The molecule has 0 bridgehead atoms. The largest absolute Gasteiger partial charge is 0.207 e. The molecular weight excluding hydrogens is 486 g/mol. The molecule has 2 atom stereocenters. The van der Waals surface area contributed by atoms with E-state index < -0.39 is 0 Å². The lowest BCUT2D eigenvalue weighted by atomic mass is 9.62. The lowest BCUT2D eigenvalue weighted by molar-refractivity contribution is 0.626. The average Bonchev–Trinajstić information content (AvgIpc) is 3.47. The average molecular weight is 511 g/mol. The van der Waals surface area contributed by atoms with Gasteiger partial charge in [-0.15, -0.1) is 22.7 Å². The maximum atomic E-state index is 13.2. The van der Waals surface area contributed by atoms with Crippen molar-refractivity contribution in [3.05, 3.63) is 133 Å². The first-order chi connectivity index (χ1) is 17.6. The van der Waals surface area contributed by atoms with Crippen LogP contribution in [0.4, 0.5) is 8.78 Å². The number of benzene rings is 3. The van der Waals surface area contributed by atoms with E-state index in [4.69, 9.17) is 0 Å². The molecule has 0 saturated heterocycles. The van der Waals surface area contributed by atoms with E-state index in [2.05, 4.69) is 36.4 Å². The van der Waals surface area contributed by atoms with E-state index in [-0.39, 0.29) is 11.6 Å². The first-order valence-corrected chi connectivity index (χ1v) is 14.1. The van der Waals surface area contributed by atoms with E-state index in [9.17, 15) is 8.78 Å². The minimum absolute atomic E-state index is 0.176. The fourth-order valence-corrected chi connectivity index (χ4v) is 8.00. The SMILES string of the molecule is Fc1ccc(CCc2cc3c(s2)C=CC2c4c(ccc5sc(CCc6ccc(F)cc6)cc45)C32)cc1. The molecular formula is C32H24F2S2. The number of thiophene rings is 2. The highest BCUT2D eigenvalue weighted by Crippen LogP contribution is 2.58. The van der Waals surface area contributed by atoms with Crippen LogP contribution in [0.25, 0.3) is 16.2 Å². The Morgan fingerprint density at radius 2 is 1.28 bits per heavy atom. The predicted octanol–water partition coefficient (Wildman–Crippen LogP) is 9.07. The number of halogens is 2. The van der Waals surface area contributed by atoms with Crippen molar-refractivity contribution >= 4 is 38.8 Å². The molecule has 0 radical (unpaired) electrons. The third-order valence-electron chi connectivity index (χ3n) is 7.63. The minimum Gasteiger partial charge on any atom is -0.207 e. The van der Waals surface area contributed by atoms with E-state index in [0.717, 1.165) is 25.7 Å². The number of aryl methyl sites for hydroxylation is 4. The molecule has 0 aliphatic heterocycles. The van der Waals surface area contributed by atoms with E-state index in [1.165, 1.54) is 52.5 Å². The maximum absolute atomic E-state index is 13.2. The zero-order chi connectivity index (χ0) is 24.2. The van der Waals surface area contributed by atoms with Gasteiger partial charge in [-0.2, -0.15) is 0 Å². The number of hydrogen-bond donors (Lipinski definition) is 0. The second-order valence-electron chi connectivity index (χ2n) is 9.84. The summed E-state index contributed by atoms with van der Waals surface area (Å²) in [5.74, 6) is 0.562. The van der Waals surface area contributed by atoms with Crippen molar-refractivity contribution in [3.63, 3.8) is 0 Å². The second kappa shape index (κ2) is 8.79. The Morgan fingerprint density at radius 3 is 1.94 bits per heavy atom. The zero-order valence-electron chi connectivity index (χ0n) is 19.6. The van der Waals surface area contributed by atoms with Crippen LogP contribution in [-0.4, -0.2) is 0 Å². The van der Waals surface area contributed by atoms with Crippen LogP contribution in [0.15, 0.2) is 78.9 Å². The number of fused-ring (bicyclic) bond motifs is 8. The third kappa shape index (κ3) is 3.84. The van der Waals surface area contributed by atoms with Gasteiger partial charge in [-0.3, -0.25) is 0 Å². The summed E-state index contributed by atoms with van der Waals surface area (Å²) in [5, 5.41) is 1.41. The number of rotatable bonds is 6. The summed E-state index contributed by atoms with van der Waals surface area (Å²) >= 11 is 3.79. The van der Waals surface area contributed by atoms with Crippen LogP contribution in [0.1, 0.15) is 54.3 Å². The Balaban J connectivity index is 1.12. The van der Waals surface area contributed by atoms with Gasteiger partial charge in [0.2, 0.25) is 0 Å². The van der Waals surface area contributed by atoms with Crippen LogP contribution >= 0.6 is 22.7 Å². The number of hydrogen-bond acceptors (Lipinski definition) is 2. The molecule has 0 saturated carbocycles. The summed E-state index contributed by atoms with van der Waals surface area (Å²) in [7, 11) is 0. The van der Waals surface area contributed by atoms with Crippen molar-refractivity contribution < 1.29 is 8.78 Å². The smallest absolute Gasteiger partial charge is 0.123 e. The molecule has 2 aliphatic carbocycles. The van der Waals surface area contributed by atoms with Gasteiger partial charge in [0.15, 0.2) is 0 Å². The molecule has 0 nitrogen and oxygen atoms in total. The van der Waals surface area contributed by atoms with Crippen molar-refractivity contribution in [2.24, 2.45) is 0 Å². The van der Waals surface area contributed by atoms with Crippen LogP contribution in [-0.2, 0) is 25.7 Å². The molecule has 36 heavy (non-hydrogen) atoms. The van der Waals surface area contributed by atoms with Gasteiger partial charge in [0.1, 0.15) is 11.6 Å². The van der Waals surface area contributed by atoms with Crippen molar-refractivity contribution in [2.45, 2.75) is 37.5 Å². The summed E-state index contributed by atoms with van der Waals surface area (Å²) in [4.78, 5) is 4.19. The van der Waals surface area contributed by atoms with Crippen molar-refractivity contribution in [3.8, 4) is 0 Å². The molecule has 0 fully saturated rings. The quantitative estimate of drug-likeness (QED) is 0.214. The van der Waals surface area contributed by atoms with Crippen molar-refractivity contribution in [2.75, 3.05) is 0 Å². The molecule has 5 aromatic rings. The van der Waals surface area contributed by atoms with Gasteiger partial charge < -0.3 is 0 Å². The summed E-state index contributed by atoms with van der Waals surface area (Å²) in [6.45, 7) is 0. The predicted molar refractivity (Wildman–Crippen MR) is 147 cm³/mol. The summed E-state index contributed by atoms with van der Waals surface area (Å²) < 4.78 is 27.8. The van der Waals surface area contributed by atoms with E-state index in [1.54, 1.807) is 24.3 Å². The molecule has 2 aromatic heterocycles. The fraction of sp³-hybridized carbons (Fsp3) is 0.188. The highest BCUT2D eigenvalue weighted by atomic mass is 32.1. The van der Waals surface area contributed by atoms with Crippen LogP contribution in [0.5, 0.6) is 0 Å². The van der Waals surface area contributed by atoms with E-state index in [0.29, 0.717) is 11.8 Å². The summed E-state index contributed by atoms with van der Waals surface area (Å²) in [6, 6.07) is 23.2. The normalized spacial score (nSPS) is 17.5. The minimum atomic E-state index is -0.177. The lowest BCUT2D eigenvalue weighted by Gasteiger charge is -2.41. The van der Waals surface area contributed by atoms with Crippen LogP contribution in [0, 0.1) is 11.6 Å². The van der Waals surface area contributed by atoms with E-state index in [1.807, 2.05) is 46.9 Å². The molecule has 2 aliphatic rings. The molecule has 0 spiro atoms.